The number of anilines is 2. The van der Waals surface area contributed by atoms with Crippen LogP contribution in [-0.4, -0.2) is 29.5 Å². The highest BCUT2D eigenvalue weighted by Crippen LogP contribution is 2.36. The average Bonchev–Trinajstić information content (AvgIpc) is 2.98. The van der Waals surface area contributed by atoms with Crippen molar-refractivity contribution in [3.63, 3.8) is 0 Å². The summed E-state index contributed by atoms with van der Waals surface area (Å²) < 4.78 is 24.8. The van der Waals surface area contributed by atoms with E-state index in [-0.39, 0.29) is 31.6 Å². The number of halogens is 1. The summed E-state index contributed by atoms with van der Waals surface area (Å²) in [5, 5.41) is 15.2. The minimum absolute atomic E-state index is 0.00385. The second-order valence-corrected chi connectivity index (χ2v) is 6.64. The summed E-state index contributed by atoms with van der Waals surface area (Å²) in [4.78, 5) is 25.9. The predicted molar refractivity (Wildman–Crippen MR) is 102 cm³/mol. The Hall–Kier alpha value is -3.46. The SMILES string of the molecule is CCC(=O)Nc1ccc2c(c1)N(Cc1cc(F)cc3c1OCOC3)C(=O)/C2=N\O. The maximum atomic E-state index is 14.1. The summed E-state index contributed by atoms with van der Waals surface area (Å²) in [6.07, 6.45) is 0.303. The molecule has 0 atom stereocenters. The van der Waals surface area contributed by atoms with Crippen molar-refractivity contribution in [3.8, 4) is 5.75 Å². The number of hydrogen-bond donors (Lipinski definition) is 2. The Morgan fingerprint density at radius 3 is 2.93 bits per heavy atom. The topological polar surface area (TPSA) is 100 Å². The summed E-state index contributed by atoms with van der Waals surface area (Å²) in [7, 11) is 0. The number of nitrogens with zero attached hydrogens (tertiary/aromatic N) is 2. The Bertz CT molecular complexity index is 1040. The van der Waals surface area contributed by atoms with Crippen molar-refractivity contribution in [1.29, 1.82) is 0 Å². The molecule has 2 aliphatic heterocycles. The number of benzene rings is 2. The van der Waals surface area contributed by atoms with Crippen molar-refractivity contribution in [2.45, 2.75) is 26.5 Å². The molecular weight excluding hydrogens is 381 g/mol. The fraction of sp³-hybridized carbons (Fsp3) is 0.250. The number of ether oxygens (including phenoxy) is 2. The van der Waals surface area contributed by atoms with Gasteiger partial charge in [0.2, 0.25) is 5.91 Å². The smallest absolute Gasteiger partial charge is 0.281 e. The van der Waals surface area contributed by atoms with Gasteiger partial charge in [-0.15, -0.1) is 0 Å². The first-order valence-corrected chi connectivity index (χ1v) is 9.01. The maximum Gasteiger partial charge on any atom is 0.281 e. The molecule has 2 aliphatic rings. The monoisotopic (exact) mass is 399 g/mol. The fourth-order valence-electron chi connectivity index (χ4n) is 3.43. The normalized spacial score (nSPS) is 16.4. The third-order valence-corrected chi connectivity index (χ3v) is 4.78. The van der Waals surface area contributed by atoms with Crippen molar-refractivity contribution in [3.05, 3.63) is 52.8 Å². The molecule has 2 amide bonds. The number of carbonyl (C=O) groups is 2. The van der Waals surface area contributed by atoms with Crippen LogP contribution in [0, 0.1) is 5.82 Å². The quantitative estimate of drug-likeness (QED) is 0.608. The second kappa shape index (κ2) is 7.51. The van der Waals surface area contributed by atoms with Crippen molar-refractivity contribution >= 4 is 28.9 Å². The molecule has 8 nitrogen and oxygen atoms in total. The lowest BCUT2D eigenvalue weighted by Crippen LogP contribution is -2.30. The van der Waals surface area contributed by atoms with E-state index in [0.717, 1.165) is 0 Å². The molecule has 0 saturated heterocycles. The van der Waals surface area contributed by atoms with Crippen LogP contribution in [0.2, 0.25) is 0 Å². The van der Waals surface area contributed by atoms with Gasteiger partial charge in [0.1, 0.15) is 11.6 Å². The van der Waals surface area contributed by atoms with Crippen LogP contribution < -0.4 is 15.0 Å². The molecule has 150 valence electrons. The summed E-state index contributed by atoms with van der Waals surface area (Å²) in [5.41, 5.74) is 2.26. The Balaban J connectivity index is 1.74. The van der Waals surface area contributed by atoms with Crippen LogP contribution >= 0.6 is 0 Å². The van der Waals surface area contributed by atoms with Gasteiger partial charge in [0.15, 0.2) is 12.5 Å². The van der Waals surface area contributed by atoms with Crippen LogP contribution in [0.1, 0.15) is 30.0 Å². The van der Waals surface area contributed by atoms with E-state index in [1.165, 1.54) is 17.0 Å². The molecule has 0 spiro atoms. The van der Waals surface area contributed by atoms with Crippen molar-refractivity contribution in [2.75, 3.05) is 17.0 Å². The third kappa shape index (κ3) is 3.40. The molecule has 2 aromatic carbocycles. The molecule has 2 heterocycles. The number of fused-ring (bicyclic) bond motifs is 2. The first-order valence-electron chi connectivity index (χ1n) is 9.01. The number of oxime groups is 1. The van der Waals surface area contributed by atoms with Crippen LogP contribution in [-0.2, 0) is 27.5 Å². The molecule has 0 saturated carbocycles. The van der Waals surface area contributed by atoms with Crippen molar-refractivity contribution < 1.29 is 28.7 Å². The van der Waals surface area contributed by atoms with E-state index in [1.807, 2.05) is 0 Å². The van der Waals surface area contributed by atoms with E-state index >= 15 is 0 Å². The number of rotatable bonds is 4. The van der Waals surface area contributed by atoms with Gasteiger partial charge >= 0.3 is 0 Å². The van der Waals surface area contributed by atoms with Gasteiger partial charge in [-0.05, 0) is 30.3 Å². The molecule has 0 radical (unpaired) electrons. The predicted octanol–water partition coefficient (Wildman–Crippen LogP) is 2.77. The largest absolute Gasteiger partial charge is 0.467 e. The lowest BCUT2D eigenvalue weighted by molar-refractivity contribution is -0.116. The number of hydrogen-bond acceptors (Lipinski definition) is 6. The van der Waals surface area contributed by atoms with Crippen molar-refractivity contribution in [1.82, 2.24) is 0 Å². The Morgan fingerprint density at radius 1 is 1.34 bits per heavy atom. The van der Waals surface area contributed by atoms with E-state index in [1.54, 1.807) is 25.1 Å². The first-order chi connectivity index (χ1) is 14.0. The van der Waals surface area contributed by atoms with Gasteiger partial charge in [-0.25, -0.2) is 4.39 Å². The van der Waals surface area contributed by atoms with Crippen LogP contribution in [0.25, 0.3) is 0 Å². The van der Waals surface area contributed by atoms with Crippen LogP contribution in [0.3, 0.4) is 0 Å². The Labute approximate surface area is 165 Å². The molecule has 29 heavy (non-hydrogen) atoms. The van der Waals surface area contributed by atoms with E-state index in [4.69, 9.17) is 9.47 Å². The average molecular weight is 399 g/mol. The molecule has 0 fully saturated rings. The minimum atomic E-state index is -0.536. The highest BCUT2D eigenvalue weighted by atomic mass is 19.1. The van der Waals surface area contributed by atoms with E-state index in [0.29, 0.717) is 40.2 Å². The molecule has 0 aromatic heterocycles. The summed E-state index contributed by atoms with van der Waals surface area (Å²) >= 11 is 0. The lowest BCUT2D eigenvalue weighted by Gasteiger charge is -2.24. The first kappa shape index (κ1) is 18.9. The van der Waals surface area contributed by atoms with Crippen LogP contribution in [0.4, 0.5) is 15.8 Å². The zero-order valence-corrected chi connectivity index (χ0v) is 15.6. The molecule has 0 aliphatic carbocycles. The molecule has 4 rings (SSSR count). The van der Waals surface area contributed by atoms with Gasteiger partial charge in [-0.3, -0.25) is 9.59 Å². The number of amides is 2. The Kier molecular flexibility index (Phi) is 4.89. The highest BCUT2D eigenvalue weighted by molar-refractivity contribution is 6.54. The Morgan fingerprint density at radius 2 is 2.17 bits per heavy atom. The number of carbonyl (C=O) groups excluding carboxylic acids is 2. The van der Waals surface area contributed by atoms with E-state index in [9.17, 15) is 19.2 Å². The van der Waals surface area contributed by atoms with Gasteiger partial charge in [-0.2, -0.15) is 0 Å². The van der Waals surface area contributed by atoms with Gasteiger partial charge in [0, 0.05) is 28.8 Å². The summed E-state index contributed by atoms with van der Waals surface area (Å²) in [5.74, 6) is -0.715. The van der Waals surface area contributed by atoms with E-state index < -0.39 is 11.7 Å². The fourth-order valence-corrected chi connectivity index (χ4v) is 3.43. The summed E-state index contributed by atoms with van der Waals surface area (Å²) in [6.45, 7) is 1.97. The molecule has 0 bridgehead atoms. The lowest BCUT2D eigenvalue weighted by atomic mass is 10.1. The third-order valence-electron chi connectivity index (χ3n) is 4.78. The molecule has 9 heteroatoms. The standard InChI is InChI=1S/C20H18FN3O5/c1-2-17(25)22-14-3-4-15-16(7-14)24(20(26)18(15)23-27)8-11-5-13(21)6-12-9-28-10-29-19(11)12/h3-7,27H,2,8-10H2,1H3,(H,22,25)/b23-18-. The molecular formula is C20H18FN3O5. The zero-order chi connectivity index (χ0) is 20.5. The van der Waals surface area contributed by atoms with Gasteiger partial charge in [0.05, 0.1) is 18.8 Å². The highest BCUT2D eigenvalue weighted by Gasteiger charge is 2.36. The minimum Gasteiger partial charge on any atom is -0.467 e. The summed E-state index contributed by atoms with van der Waals surface area (Å²) in [6, 6.07) is 7.47. The maximum absolute atomic E-state index is 14.1. The zero-order valence-electron chi connectivity index (χ0n) is 15.6. The number of nitrogens with one attached hydrogen (secondary N) is 1. The van der Waals surface area contributed by atoms with Gasteiger partial charge in [-0.1, -0.05) is 12.1 Å². The van der Waals surface area contributed by atoms with Crippen LogP contribution in [0.5, 0.6) is 5.75 Å². The molecule has 2 aromatic rings. The molecule has 2 N–H and O–H groups in total. The van der Waals surface area contributed by atoms with Gasteiger partial charge in [0.25, 0.3) is 5.91 Å². The van der Waals surface area contributed by atoms with Gasteiger partial charge < -0.3 is 24.9 Å². The van der Waals surface area contributed by atoms with Crippen LogP contribution in [0.15, 0.2) is 35.5 Å². The second-order valence-electron chi connectivity index (χ2n) is 6.64. The molecule has 0 unspecified atom stereocenters. The van der Waals surface area contributed by atoms with E-state index in [2.05, 4.69) is 10.5 Å². The van der Waals surface area contributed by atoms with Crippen molar-refractivity contribution in [2.24, 2.45) is 5.16 Å².